The van der Waals surface area contributed by atoms with Crippen LogP contribution in [0.25, 0.3) is 5.69 Å². The summed E-state index contributed by atoms with van der Waals surface area (Å²) in [5, 5.41) is 7.10. The highest BCUT2D eigenvalue weighted by Crippen LogP contribution is 2.19. The first-order valence-corrected chi connectivity index (χ1v) is 8.19. The molecule has 1 aromatic heterocycles. The van der Waals surface area contributed by atoms with Gasteiger partial charge in [0, 0.05) is 30.5 Å². The zero-order valence-electron chi connectivity index (χ0n) is 14.2. The third-order valence-electron chi connectivity index (χ3n) is 4.34. The van der Waals surface area contributed by atoms with Gasteiger partial charge in [0.25, 0.3) is 5.91 Å². The number of nitrogens with one attached hydrogen (secondary N) is 1. The Morgan fingerprint density at radius 1 is 1.25 bits per heavy atom. The van der Waals surface area contributed by atoms with E-state index in [1.54, 1.807) is 23.2 Å². The summed E-state index contributed by atoms with van der Waals surface area (Å²) in [6, 6.07) is 8.85. The lowest BCUT2D eigenvalue weighted by atomic mass is 9.98. The molecule has 1 aromatic carbocycles. The van der Waals surface area contributed by atoms with Crippen molar-refractivity contribution in [3.8, 4) is 5.69 Å². The van der Waals surface area contributed by atoms with Crippen molar-refractivity contribution in [1.29, 1.82) is 0 Å². The molecule has 2 heterocycles. The van der Waals surface area contributed by atoms with Gasteiger partial charge in [0.1, 0.15) is 6.04 Å². The van der Waals surface area contributed by atoms with Crippen molar-refractivity contribution in [3.63, 3.8) is 0 Å². The first-order chi connectivity index (χ1) is 11.5. The number of hydrogen-bond donors (Lipinski definition) is 1. The van der Waals surface area contributed by atoms with Crippen molar-refractivity contribution in [2.75, 3.05) is 13.1 Å². The van der Waals surface area contributed by atoms with E-state index in [0.29, 0.717) is 18.7 Å². The Labute approximate surface area is 141 Å². The minimum atomic E-state index is -0.417. The number of benzene rings is 1. The van der Waals surface area contributed by atoms with Crippen molar-refractivity contribution in [2.24, 2.45) is 5.92 Å². The molecular formula is C18H22N4O2. The Kier molecular flexibility index (Phi) is 4.38. The van der Waals surface area contributed by atoms with Gasteiger partial charge >= 0.3 is 0 Å². The van der Waals surface area contributed by atoms with Gasteiger partial charge in [0.05, 0.1) is 5.69 Å². The molecule has 1 fully saturated rings. The maximum Gasteiger partial charge on any atom is 0.254 e. The molecule has 6 nitrogen and oxygen atoms in total. The average molecular weight is 326 g/mol. The summed E-state index contributed by atoms with van der Waals surface area (Å²) in [5.41, 5.74) is 2.52. The van der Waals surface area contributed by atoms with E-state index in [1.807, 2.05) is 43.7 Å². The van der Waals surface area contributed by atoms with Gasteiger partial charge in [-0.25, -0.2) is 4.68 Å². The van der Waals surface area contributed by atoms with E-state index in [9.17, 15) is 9.59 Å². The molecule has 0 saturated carbocycles. The number of rotatable bonds is 3. The van der Waals surface area contributed by atoms with Gasteiger partial charge in [-0.2, -0.15) is 5.10 Å². The minimum Gasteiger partial charge on any atom is -0.353 e. The van der Waals surface area contributed by atoms with E-state index >= 15 is 0 Å². The second kappa shape index (κ2) is 6.47. The van der Waals surface area contributed by atoms with E-state index in [-0.39, 0.29) is 17.7 Å². The van der Waals surface area contributed by atoms with Crippen LogP contribution < -0.4 is 5.32 Å². The second-order valence-corrected chi connectivity index (χ2v) is 6.41. The molecule has 1 N–H and O–H groups in total. The Hall–Kier alpha value is -2.63. The zero-order valence-corrected chi connectivity index (χ0v) is 14.2. The quantitative estimate of drug-likeness (QED) is 0.935. The fourth-order valence-electron chi connectivity index (χ4n) is 3.13. The summed E-state index contributed by atoms with van der Waals surface area (Å²) in [4.78, 5) is 26.6. The lowest BCUT2D eigenvalue weighted by Crippen LogP contribution is -2.59. The number of carbonyl (C=O) groups excluding carboxylic acids is 2. The van der Waals surface area contributed by atoms with Crippen LogP contribution in [0.15, 0.2) is 36.5 Å². The Bertz CT molecular complexity index is 749. The summed E-state index contributed by atoms with van der Waals surface area (Å²) in [5.74, 6) is -0.110. The van der Waals surface area contributed by atoms with Crippen LogP contribution in [0.3, 0.4) is 0 Å². The normalized spacial score (nSPS) is 17.9. The van der Waals surface area contributed by atoms with E-state index in [4.69, 9.17) is 0 Å². The minimum absolute atomic E-state index is 0.0697. The Morgan fingerprint density at radius 2 is 1.96 bits per heavy atom. The smallest absolute Gasteiger partial charge is 0.254 e. The molecule has 24 heavy (non-hydrogen) atoms. The van der Waals surface area contributed by atoms with Gasteiger partial charge in [0.15, 0.2) is 0 Å². The molecule has 6 heteroatoms. The standard InChI is InChI=1S/C18H22N4O2/c1-12(2)16-17(23)19-10-11-21(16)18(24)14-4-6-15(7-5-14)22-13(3)8-9-20-22/h4-9,12,16H,10-11H2,1-3H3,(H,19,23)/t16-/m1/s1. The molecule has 3 rings (SSSR count). The van der Waals surface area contributed by atoms with Crippen molar-refractivity contribution >= 4 is 11.8 Å². The molecule has 2 aromatic rings. The highest BCUT2D eigenvalue weighted by atomic mass is 16.2. The van der Waals surface area contributed by atoms with Gasteiger partial charge in [-0.05, 0) is 43.2 Å². The van der Waals surface area contributed by atoms with Gasteiger partial charge in [-0.15, -0.1) is 0 Å². The second-order valence-electron chi connectivity index (χ2n) is 6.41. The fourth-order valence-corrected chi connectivity index (χ4v) is 3.13. The van der Waals surface area contributed by atoms with Crippen LogP contribution in [0, 0.1) is 12.8 Å². The first kappa shape index (κ1) is 16.2. The van der Waals surface area contributed by atoms with Gasteiger partial charge in [-0.3, -0.25) is 9.59 Å². The van der Waals surface area contributed by atoms with Crippen LogP contribution in [0.1, 0.15) is 29.9 Å². The molecule has 1 aliphatic rings. The molecule has 1 aliphatic heterocycles. The summed E-state index contributed by atoms with van der Waals surface area (Å²) < 4.78 is 1.82. The van der Waals surface area contributed by atoms with Crippen molar-refractivity contribution in [1.82, 2.24) is 20.0 Å². The van der Waals surface area contributed by atoms with Crippen LogP contribution in [-0.2, 0) is 4.79 Å². The molecule has 0 radical (unpaired) electrons. The summed E-state index contributed by atoms with van der Waals surface area (Å²) >= 11 is 0. The number of piperazine rings is 1. The van der Waals surface area contributed by atoms with Crippen LogP contribution in [-0.4, -0.2) is 45.6 Å². The van der Waals surface area contributed by atoms with E-state index < -0.39 is 6.04 Å². The van der Waals surface area contributed by atoms with Crippen LogP contribution in [0.2, 0.25) is 0 Å². The summed E-state index contributed by atoms with van der Waals surface area (Å²) in [6.45, 7) is 6.93. The maximum absolute atomic E-state index is 12.8. The van der Waals surface area contributed by atoms with Crippen molar-refractivity contribution in [3.05, 3.63) is 47.8 Å². The summed E-state index contributed by atoms with van der Waals surface area (Å²) in [6.07, 6.45) is 1.74. The van der Waals surface area contributed by atoms with Crippen LogP contribution in [0.5, 0.6) is 0 Å². The highest BCUT2D eigenvalue weighted by Gasteiger charge is 2.35. The topological polar surface area (TPSA) is 67.2 Å². The van der Waals surface area contributed by atoms with Crippen molar-refractivity contribution < 1.29 is 9.59 Å². The monoisotopic (exact) mass is 326 g/mol. The maximum atomic E-state index is 12.8. The number of amides is 2. The predicted octanol–water partition coefficient (Wildman–Crippen LogP) is 1.78. The average Bonchev–Trinajstić information content (AvgIpc) is 3.00. The number of hydrogen-bond acceptors (Lipinski definition) is 3. The van der Waals surface area contributed by atoms with Crippen LogP contribution >= 0.6 is 0 Å². The zero-order chi connectivity index (χ0) is 17.3. The molecule has 126 valence electrons. The summed E-state index contributed by atoms with van der Waals surface area (Å²) in [7, 11) is 0. The lowest BCUT2D eigenvalue weighted by Gasteiger charge is -2.37. The number of nitrogens with zero attached hydrogens (tertiary/aromatic N) is 3. The number of carbonyl (C=O) groups is 2. The third kappa shape index (κ3) is 2.91. The number of aryl methyl sites for hydroxylation is 1. The fraction of sp³-hybridized carbons (Fsp3) is 0.389. The van der Waals surface area contributed by atoms with E-state index in [2.05, 4.69) is 10.4 Å². The lowest BCUT2D eigenvalue weighted by molar-refractivity contribution is -0.129. The van der Waals surface area contributed by atoms with E-state index in [1.165, 1.54) is 0 Å². The Morgan fingerprint density at radius 3 is 2.54 bits per heavy atom. The molecule has 0 unspecified atom stereocenters. The molecular weight excluding hydrogens is 304 g/mol. The van der Waals surface area contributed by atoms with Gasteiger partial charge < -0.3 is 10.2 Å². The van der Waals surface area contributed by atoms with Crippen molar-refractivity contribution in [2.45, 2.75) is 26.8 Å². The third-order valence-corrected chi connectivity index (χ3v) is 4.34. The molecule has 1 saturated heterocycles. The molecule has 0 spiro atoms. The van der Waals surface area contributed by atoms with E-state index in [0.717, 1.165) is 11.4 Å². The molecule has 0 bridgehead atoms. The van der Waals surface area contributed by atoms with Gasteiger partial charge in [0.2, 0.25) is 5.91 Å². The highest BCUT2D eigenvalue weighted by molar-refractivity contribution is 5.98. The molecule has 0 aliphatic carbocycles. The predicted molar refractivity (Wildman–Crippen MR) is 91.0 cm³/mol. The van der Waals surface area contributed by atoms with Gasteiger partial charge in [-0.1, -0.05) is 13.8 Å². The largest absolute Gasteiger partial charge is 0.353 e. The molecule has 1 atom stereocenters. The Balaban J connectivity index is 1.84. The molecule has 2 amide bonds. The number of aromatic nitrogens is 2. The van der Waals surface area contributed by atoms with Crippen LogP contribution in [0.4, 0.5) is 0 Å². The first-order valence-electron chi connectivity index (χ1n) is 8.19. The SMILES string of the molecule is Cc1ccnn1-c1ccc(C(=O)N2CCNC(=O)[C@H]2C(C)C)cc1.